The zero-order valence-corrected chi connectivity index (χ0v) is 32.7. The first-order valence-electron chi connectivity index (χ1n) is 19.9. The summed E-state index contributed by atoms with van der Waals surface area (Å²) >= 11 is 0. The minimum atomic E-state index is -0.179. The molecule has 0 amide bonds. The van der Waals surface area contributed by atoms with E-state index in [0.29, 0.717) is 35.1 Å². The van der Waals surface area contributed by atoms with E-state index in [1.54, 1.807) is 38.6 Å². The van der Waals surface area contributed by atoms with Gasteiger partial charge >= 0.3 is 0 Å². The highest BCUT2D eigenvalue weighted by atomic mass is 16.5. The maximum absolute atomic E-state index is 13.2. The number of piperazine rings is 2. The van der Waals surface area contributed by atoms with E-state index in [1.165, 1.54) is 15.6 Å². The summed E-state index contributed by atoms with van der Waals surface area (Å²) < 4.78 is 18.7. The van der Waals surface area contributed by atoms with Crippen LogP contribution in [0.1, 0.15) is 13.3 Å². The number of anilines is 6. The summed E-state index contributed by atoms with van der Waals surface area (Å²) in [6.45, 7) is 15.4. The molecule has 9 heterocycles. The van der Waals surface area contributed by atoms with Crippen molar-refractivity contribution in [2.24, 2.45) is 20.0 Å². The molecule has 9 rings (SSSR count). The summed E-state index contributed by atoms with van der Waals surface area (Å²) in [4.78, 5) is 45.3. The summed E-state index contributed by atoms with van der Waals surface area (Å²) in [6.07, 6.45) is 8.55. The van der Waals surface area contributed by atoms with Crippen molar-refractivity contribution in [3.8, 4) is 11.1 Å². The second-order valence-corrected chi connectivity index (χ2v) is 15.4. The van der Waals surface area contributed by atoms with Gasteiger partial charge in [0, 0.05) is 95.9 Å². The van der Waals surface area contributed by atoms with E-state index in [1.807, 2.05) is 36.7 Å². The molecule has 15 nitrogen and oxygen atoms in total. The Bertz CT molecular complexity index is 1900. The van der Waals surface area contributed by atoms with Crippen molar-refractivity contribution >= 4 is 34.4 Å². The second kappa shape index (κ2) is 17.1. The number of pyridine rings is 4. The summed E-state index contributed by atoms with van der Waals surface area (Å²) in [5.41, 5.74) is 4.10. The summed E-state index contributed by atoms with van der Waals surface area (Å²) in [5.74, 6) is 2.06. The highest BCUT2D eigenvalue weighted by molar-refractivity contribution is 5.72. The monoisotopic (exact) mass is 766 g/mol. The Balaban J connectivity index is 0.000000673. The summed E-state index contributed by atoms with van der Waals surface area (Å²) in [6, 6.07) is 12.6. The van der Waals surface area contributed by atoms with Gasteiger partial charge in [-0.1, -0.05) is 6.92 Å². The van der Waals surface area contributed by atoms with Crippen molar-refractivity contribution in [2.75, 3.05) is 112 Å². The Morgan fingerprint density at radius 2 is 1.02 bits per heavy atom. The summed E-state index contributed by atoms with van der Waals surface area (Å²) in [7, 11) is 3.44. The van der Waals surface area contributed by atoms with Gasteiger partial charge < -0.3 is 43.8 Å². The molecule has 4 aromatic heterocycles. The summed E-state index contributed by atoms with van der Waals surface area (Å²) in [5, 5.41) is 6.45. The number of hydrogen-bond acceptors (Lipinski definition) is 13. The van der Waals surface area contributed by atoms with Gasteiger partial charge in [0.25, 0.3) is 11.1 Å². The molecular weight excluding hydrogens is 713 g/mol. The topological polar surface area (TPSA) is 134 Å². The SMILES string of the molecule is CCC1COC1.Cn1cc(-c2cc(Nc3ccc(N4CCN(C5COC5)CC4)cn3)c(=O)n(C)c2)cc(Nc2ccc(N3CCN(C4COC4)CC3)cn2)c1=O. The van der Waals surface area contributed by atoms with Gasteiger partial charge in [0.2, 0.25) is 0 Å². The molecule has 56 heavy (non-hydrogen) atoms. The van der Waals surface area contributed by atoms with E-state index < -0.39 is 0 Å². The molecule has 0 radical (unpaired) electrons. The highest BCUT2D eigenvalue weighted by Crippen LogP contribution is 2.26. The Morgan fingerprint density at radius 3 is 1.30 bits per heavy atom. The number of nitrogens with one attached hydrogen (secondary N) is 2. The third kappa shape index (κ3) is 8.61. The van der Waals surface area contributed by atoms with Crippen molar-refractivity contribution in [3.05, 3.63) is 81.9 Å². The Hall–Kier alpha value is -4.80. The predicted molar refractivity (Wildman–Crippen MR) is 219 cm³/mol. The van der Waals surface area contributed by atoms with Gasteiger partial charge in [0.15, 0.2) is 0 Å². The third-order valence-electron chi connectivity index (χ3n) is 11.6. The van der Waals surface area contributed by atoms with Crippen molar-refractivity contribution in [1.82, 2.24) is 28.9 Å². The number of hydrogen-bond donors (Lipinski definition) is 2. The number of nitrogens with zero attached hydrogens (tertiary/aromatic N) is 8. The van der Waals surface area contributed by atoms with E-state index in [2.05, 4.69) is 47.1 Å². The lowest BCUT2D eigenvalue weighted by Crippen LogP contribution is -2.56. The van der Waals surface area contributed by atoms with Crippen LogP contribution in [0.4, 0.5) is 34.4 Å². The fourth-order valence-corrected chi connectivity index (χ4v) is 7.57. The first-order valence-corrected chi connectivity index (χ1v) is 19.9. The average Bonchev–Trinajstić information content (AvgIpc) is 3.15. The molecule has 5 saturated heterocycles. The Morgan fingerprint density at radius 1 is 0.607 bits per heavy atom. The molecule has 15 heteroatoms. The van der Waals surface area contributed by atoms with Crippen LogP contribution in [-0.2, 0) is 28.3 Å². The Labute approximate surface area is 327 Å². The second-order valence-electron chi connectivity index (χ2n) is 15.4. The molecular formula is C41H54N10O5. The van der Waals surface area contributed by atoms with Gasteiger partial charge in [0.05, 0.1) is 75.5 Å². The first-order chi connectivity index (χ1) is 27.3. The molecule has 298 valence electrons. The largest absolute Gasteiger partial charge is 0.381 e. The van der Waals surface area contributed by atoms with Crippen molar-refractivity contribution < 1.29 is 14.2 Å². The molecule has 5 aliphatic rings. The molecule has 0 aliphatic carbocycles. The number of aryl methyl sites for hydroxylation is 2. The van der Waals surface area contributed by atoms with Crippen LogP contribution < -0.4 is 31.6 Å². The first kappa shape index (κ1) is 38.1. The smallest absolute Gasteiger partial charge is 0.274 e. The average molecular weight is 767 g/mol. The fourth-order valence-electron chi connectivity index (χ4n) is 7.57. The maximum atomic E-state index is 13.2. The zero-order valence-electron chi connectivity index (χ0n) is 32.7. The molecule has 2 N–H and O–H groups in total. The van der Waals surface area contributed by atoms with Crippen LogP contribution in [0, 0.1) is 5.92 Å². The van der Waals surface area contributed by atoms with Crippen LogP contribution in [-0.4, -0.2) is 133 Å². The molecule has 0 aromatic carbocycles. The van der Waals surface area contributed by atoms with Gasteiger partial charge in [-0.05, 0) is 42.8 Å². The van der Waals surface area contributed by atoms with Crippen LogP contribution in [0.2, 0.25) is 0 Å². The van der Waals surface area contributed by atoms with E-state index in [4.69, 9.17) is 14.2 Å². The molecule has 0 bridgehead atoms. The number of rotatable bonds is 10. The lowest BCUT2D eigenvalue weighted by atomic mass is 10.1. The van der Waals surface area contributed by atoms with Crippen LogP contribution in [0.15, 0.2) is 70.8 Å². The van der Waals surface area contributed by atoms with Gasteiger partial charge in [-0.2, -0.15) is 0 Å². The minimum absolute atomic E-state index is 0.179. The van der Waals surface area contributed by atoms with Crippen LogP contribution >= 0.6 is 0 Å². The van der Waals surface area contributed by atoms with Crippen LogP contribution in [0.5, 0.6) is 0 Å². The number of ether oxygens (including phenoxy) is 3. The molecule has 0 unspecified atom stereocenters. The predicted octanol–water partition coefficient (Wildman–Crippen LogP) is 3.11. The third-order valence-corrected chi connectivity index (χ3v) is 11.6. The van der Waals surface area contributed by atoms with Gasteiger partial charge in [-0.15, -0.1) is 0 Å². The minimum Gasteiger partial charge on any atom is -0.381 e. The molecule has 0 atom stereocenters. The molecule has 4 aromatic rings. The van der Waals surface area contributed by atoms with Crippen LogP contribution in [0.3, 0.4) is 0 Å². The lowest BCUT2D eigenvalue weighted by molar-refractivity contribution is -0.0660. The van der Waals surface area contributed by atoms with Gasteiger partial charge in [-0.25, -0.2) is 9.97 Å². The lowest BCUT2D eigenvalue weighted by Gasteiger charge is -2.43. The van der Waals surface area contributed by atoms with E-state index in [0.717, 1.165) is 120 Å². The zero-order chi connectivity index (χ0) is 38.6. The fraction of sp³-hybridized carbons (Fsp3) is 0.512. The van der Waals surface area contributed by atoms with E-state index in [9.17, 15) is 9.59 Å². The van der Waals surface area contributed by atoms with Crippen LogP contribution in [0.25, 0.3) is 11.1 Å². The Kier molecular flexibility index (Phi) is 11.7. The van der Waals surface area contributed by atoms with Gasteiger partial charge in [0.1, 0.15) is 23.0 Å². The van der Waals surface area contributed by atoms with Crippen molar-refractivity contribution in [1.29, 1.82) is 0 Å². The molecule has 0 saturated carbocycles. The number of aromatic nitrogens is 4. The van der Waals surface area contributed by atoms with E-state index >= 15 is 0 Å². The molecule has 0 spiro atoms. The van der Waals surface area contributed by atoms with E-state index in [-0.39, 0.29) is 11.1 Å². The highest BCUT2D eigenvalue weighted by Gasteiger charge is 2.30. The molecule has 5 aliphatic heterocycles. The molecule has 5 fully saturated rings. The van der Waals surface area contributed by atoms with Crippen molar-refractivity contribution in [2.45, 2.75) is 25.4 Å². The van der Waals surface area contributed by atoms with Gasteiger partial charge in [-0.3, -0.25) is 19.4 Å². The van der Waals surface area contributed by atoms with Crippen molar-refractivity contribution in [3.63, 3.8) is 0 Å². The standard InChI is InChI=1S/C36H44N10O4.C5H10O/c1-41-19-25(15-31(35(41)47)39-33-5-3-27(17-37-33)43-7-11-45(12-8-43)29-21-49-22-29)26-16-32(36(48)42(2)20-26)40-34-6-4-28(18-38-34)44-9-13-46(14-10-44)30-23-50-24-30;1-2-5-3-6-4-5/h3-6,15-20,29-30H,7-14,21-24H2,1-2H3,(H,37,39)(H,38,40);5H,2-4H2,1H3. The quantitative estimate of drug-likeness (QED) is 0.245. The maximum Gasteiger partial charge on any atom is 0.274 e. The normalized spacial score (nSPS) is 19.7.